The maximum Gasteiger partial charge on any atom is 0.0985 e. The molecular formula is C14H25N3S. The maximum atomic E-state index is 5.69. The number of hydrogen-bond donors (Lipinski definition) is 1. The Balaban J connectivity index is 2.06. The van der Waals surface area contributed by atoms with Crippen LogP contribution in [0.2, 0.25) is 0 Å². The summed E-state index contributed by atoms with van der Waals surface area (Å²) >= 11 is 1.81. The van der Waals surface area contributed by atoms with Crippen LogP contribution in [-0.2, 0) is 5.41 Å². The fourth-order valence-electron chi connectivity index (χ4n) is 2.56. The topological polar surface area (TPSA) is 42.1 Å². The lowest BCUT2D eigenvalue weighted by molar-refractivity contribution is 0.253. The maximum absolute atomic E-state index is 5.69. The highest BCUT2D eigenvalue weighted by atomic mass is 32.1. The Kier molecular flexibility index (Phi) is 4.41. The van der Waals surface area contributed by atoms with Crippen LogP contribution in [-0.4, -0.2) is 36.6 Å². The molecule has 4 heteroatoms. The summed E-state index contributed by atoms with van der Waals surface area (Å²) in [7, 11) is 2.20. The van der Waals surface area contributed by atoms with E-state index < -0.39 is 0 Å². The van der Waals surface area contributed by atoms with E-state index in [-0.39, 0.29) is 5.41 Å². The summed E-state index contributed by atoms with van der Waals surface area (Å²) in [5.41, 5.74) is 7.13. The monoisotopic (exact) mass is 267 g/mol. The van der Waals surface area contributed by atoms with Gasteiger partial charge in [-0.1, -0.05) is 13.8 Å². The largest absolute Gasteiger partial charge is 0.330 e. The highest BCUT2D eigenvalue weighted by Gasteiger charge is 2.26. The van der Waals surface area contributed by atoms with Crippen LogP contribution in [0.4, 0.5) is 0 Å². The smallest absolute Gasteiger partial charge is 0.0985 e. The van der Waals surface area contributed by atoms with Gasteiger partial charge in [0.05, 0.1) is 10.7 Å². The molecule has 2 N–H and O–H groups in total. The van der Waals surface area contributed by atoms with Crippen molar-refractivity contribution in [1.29, 1.82) is 0 Å². The standard InChI is InChI=1S/C14H25N3S/c1-14(2,6-7-15)13-16-12(10-18-13)11-4-8-17(3)9-5-11/h10-11H,4-9,15H2,1-3H3. The van der Waals surface area contributed by atoms with Gasteiger partial charge in [-0.15, -0.1) is 11.3 Å². The zero-order valence-corrected chi connectivity index (χ0v) is 12.6. The van der Waals surface area contributed by atoms with E-state index in [9.17, 15) is 0 Å². The summed E-state index contributed by atoms with van der Waals surface area (Å²) in [6.07, 6.45) is 3.50. The second-order valence-corrected chi connectivity index (χ2v) is 6.94. The molecule has 0 bridgehead atoms. The van der Waals surface area contributed by atoms with Gasteiger partial charge in [0.2, 0.25) is 0 Å². The van der Waals surface area contributed by atoms with Crippen molar-refractivity contribution < 1.29 is 0 Å². The third-order valence-corrected chi connectivity index (χ3v) is 5.23. The highest BCUT2D eigenvalue weighted by Crippen LogP contribution is 2.34. The number of nitrogens with two attached hydrogens (primary N) is 1. The first-order chi connectivity index (χ1) is 8.53. The van der Waals surface area contributed by atoms with Gasteiger partial charge in [0.25, 0.3) is 0 Å². The summed E-state index contributed by atoms with van der Waals surface area (Å²) in [4.78, 5) is 7.30. The molecule has 0 radical (unpaired) electrons. The zero-order valence-electron chi connectivity index (χ0n) is 11.8. The van der Waals surface area contributed by atoms with Crippen molar-refractivity contribution in [2.75, 3.05) is 26.7 Å². The van der Waals surface area contributed by atoms with Gasteiger partial charge in [-0.25, -0.2) is 4.98 Å². The van der Waals surface area contributed by atoms with Gasteiger partial charge in [0.1, 0.15) is 0 Å². The summed E-state index contributed by atoms with van der Waals surface area (Å²) in [5, 5.41) is 3.52. The van der Waals surface area contributed by atoms with Gasteiger partial charge >= 0.3 is 0 Å². The number of thiazole rings is 1. The average molecular weight is 267 g/mol. The van der Waals surface area contributed by atoms with Crippen LogP contribution in [0.1, 0.15) is 49.7 Å². The van der Waals surface area contributed by atoms with E-state index >= 15 is 0 Å². The van der Waals surface area contributed by atoms with Gasteiger partial charge < -0.3 is 10.6 Å². The van der Waals surface area contributed by atoms with Crippen molar-refractivity contribution in [2.24, 2.45) is 5.73 Å². The Morgan fingerprint density at radius 3 is 2.72 bits per heavy atom. The lowest BCUT2D eigenvalue weighted by atomic mass is 9.90. The van der Waals surface area contributed by atoms with Crippen molar-refractivity contribution in [3.8, 4) is 0 Å². The number of aromatic nitrogens is 1. The van der Waals surface area contributed by atoms with E-state index in [0.717, 1.165) is 13.0 Å². The van der Waals surface area contributed by atoms with E-state index in [1.807, 2.05) is 11.3 Å². The lowest BCUT2D eigenvalue weighted by Gasteiger charge is -2.28. The van der Waals surface area contributed by atoms with Crippen molar-refractivity contribution in [1.82, 2.24) is 9.88 Å². The molecule has 1 aliphatic rings. The summed E-state index contributed by atoms with van der Waals surface area (Å²) < 4.78 is 0. The molecule has 0 unspecified atom stereocenters. The van der Waals surface area contributed by atoms with E-state index in [1.165, 1.54) is 36.6 Å². The fourth-order valence-corrected chi connectivity index (χ4v) is 3.61. The molecule has 0 saturated carbocycles. The lowest BCUT2D eigenvalue weighted by Crippen LogP contribution is -2.29. The molecule has 1 aromatic rings. The number of piperidine rings is 1. The van der Waals surface area contributed by atoms with Crippen LogP contribution in [0.25, 0.3) is 0 Å². The minimum Gasteiger partial charge on any atom is -0.330 e. The third-order valence-electron chi connectivity index (χ3n) is 4.01. The summed E-state index contributed by atoms with van der Waals surface area (Å²) in [6, 6.07) is 0. The molecule has 2 heterocycles. The first-order valence-electron chi connectivity index (χ1n) is 6.87. The van der Waals surface area contributed by atoms with E-state index in [4.69, 9.17) is 10.7 Å². The molecule has 3 nitrogen and oxygen atoms in total. The van der Waals surface area contributed by atoms with Crippen LogP contribution in [0, 0.1) is 0 Å². The fraction of sp³-hybridized carbons (Fsp3) is 0.786. The number of nitrogens with zero attached hydrogens (tertiary/aromatic N) is 2. The Labute approximate surface area is 114 Å². The zero-order chi connectivity index (χ0) is 13.2. The molecule has 0 aliphatic carbocycles. The molecule has 18 heavy (non-hydrogen) atoms. The van der Waals surface area contributed by atoms with Crippen LogP contribution in [0.15, 0.2) is 5.38 Å². The minimum atomic E-state index is 0.128. The quantitative estimate of drug-likeness (QED) is 0.911. The highest BCUT2D eigenvalue weighted by molar-refractivity contribution is 7.09. The Hall–Kier alpha value is -0.450. The van der Waals surface area contributed by atoms with Gasteiger partial charge in [0.15, 0.2) is 0 Å². The Morgan fingerprint density at radius 1 is 1.44 bits per heavy atom. The number of rotatable bonds is 4. The van der Waals surface area contributed by atoms with E-state index in [0.29, 0.717) is 5.92 Å². The van der Waals surface area contributed by atoms with Crippen molar-refractivity contribution in [3.05, 3.63) is 16.1 Å². The van der Waals surface area contributed by atoms with E-state index in [1.54, 1.807) is 0 Å². The van der Waals surface area contributed by atoms with Gasteiger partial charge in [-0.05, 0) is 45.9 Å². The predicted molar refractivity (Wildman–Crippen MR) is 78.3 cm³/mol. The SMILES string of the molecule is CN1CCC(c2csc(C(C)(C)CCN)n2)CC1. The van der Waals surface area contributed by atoms with E-state index in [2.05, 4.69) is 31.2 Å². The van der Waals surface area contributed by atoms with Gasteiger partial charge in [-0.3, -0.25) is 0 Å². The summed E-state index contributed by atoms with van der Waals surface area (Å²) in [6.45, 7) is 7.62. The molecular weight excluding hydrogens is 242 g/mol. The Morgan fingerprint density at radius 2 is 2.11 bits per heavy atom. The molecule has 0 spiro atoms. The molecule has 102 valence electrons. The van der Waals surface area contributed by atoms with Gasteiger partial charge in [-0.2, -0.15) is 0 Å². The molecule has 2 rings (SSSR count). The predicted octanol–water partition coefficient (Wildman–Crippen LogP) is 2.58. The average Bonchev–Trinajstić information content (AvgIpc) is 2.80. The van der Waals surface area contributed by atoms with Crippen molar-refractivity contribution in [2.45, 2.75) is 44.4 Å². The number of hydrogen-bond acceptors (Lipinski definition) is 4. The molecule has 1 aliphatic heterocycles. The number of likely N-dealkylation sites (tertiary alicyclic amines) is 1. The minimum absolute atomic E-state index is 0.128. The molecule has 1 fully saturated rings. The Bertz CT molecular complexity index is 378. The van der Waals surface area contributed by atoms with Crippen molar-refractivity contribution >= 4 is 11.3 Å². The summed E-state index contributed by atoms with van der Waals surface area (Å²) in [5.74, 6) is 0.667. The molecule has 0 amide bonds. The second-order valence-electron chi connectivity index (χ2n) is 6.08. The van der Waals surface area contributed by atoms with Crippen LogP contribution in [0.3, 0.4) is 0 Å². The second kappa shape index (κ2) is 5.68. The molecule has 1 aromatic heterocycles. The first-order valence-corrected chi connectivity index (χ1v) is 7.75. The molecule has 0 aromatic carbocycles. The first kappa shape index (κ1) is 14.0. The van der Waals surface area contributed by atoms with Crippen molar-refractivity contribution in [3.63, 3.8) is 0 Å². The third kappa shape index (κ3) is 3.11. The molecule has 1 saturated heterocycles. The normalized spacial score (nSPS) is 19.3. The van der Waals surface area contributed by atoms with Crippen LogP contribution < -0.4 is 5.73 Å². The van der Waals surface area contributed by atoms with Gasteiger partial charge in [0, 0.05) is 16.7 Å². The van der Waals surface area contributed by atoms with Crippen LogP contribution in [0.5, 0.6) is 0 Å². The van der Waals surface area contributed by atoms with Crippen LogP contribution >= 0.6 is 11.3 Å². The molecule has 0 atom stereocenters.